The molecule has 2 fully saturated rings. The molecule has 0 aromatic carbocycles. The smallest absolute Gasteiger partial charge is 0.221 e. The molecule has 1 unspecified atom stereocenters. The second-order valence-electron chi connectivity index (χ2n) is 7.86. The second-order valence-corrected chi connectivity index (χ2v) is 7.86. The van der Waals surface area contributed by atoms with Gasteiger partial charge in [-0.2, -0.15) is 0 Å². The third kappa shape index (κ3) is 6.96. The average molecular weight is 382 g/mol. The standard InChI is InChI=1S/C20H39N5O2/c1-4-17(2)24-18(26)8-11-22-19(21-3)23-16-20(9-6-5-7-10-20)25-12-14-27-15-13-25/h17H,4-16H2,1-3H3,(H,24,26)(H2,21,22,23). The summed E-state index contributed by atoms with van der Waals surface area (Å²) in [6.07, 6.45) is 7.79. The summed E-state index contributed by atoms with van der Waals surface area (Å²) >= 11 is 0. The van der Waals surface area contributed by atoms with Crippen LogP contribution in [-0.4, -0.2) is 74.8 Å². The zero-order valence-electron chi connectivity index (χ0n) is 17.5. The minimum Gasteiger partial charge on any atom is -0.379 e. The van der Waals surface area contributed by atoms with E-state index in [4.69, 9.17) is 4.74 Å². The molecule has 7 heteroatoms. The molecule has 2 aliphatic rings. The Morgan fingerprint density at radius 3 is 2.52 bits per heavy atom. The summed E-state index contributed by atoms with van der Waals surface area (Å²) in [4.78, 5) is 18.9. The van der Waals surface area contributed by atoms with Crippen molar-refractivity contribution < 1.29 is 9.53 Å². The van der Waals surface area contributed by atoms with Crippen molar-refractivity contribution >= 4 is 11.9 Å². The Labute approximate surface area is 164 Å². The number of nitrogens with one attached hydrogen (secondary N) is 3. The zero-order valence-corrected chi connectivity index (χ0v) is 17.5. The fourth-order valence-electron chi connectivity index (χ4n) is 4.06. The summed E-state index contributed by atoms with van der Waals surface area (Å²) in [6, 6.07) is 0.231. The molecular weight excluding hydrogens is 342 g/mol. The number of rotatable bonds is 8. The van der Waals surface area contributed by atoms with Crippen molar-refractivity contribution in [3.63, 3.8) is 0 Å². The number of aliphatic imine (C=N–C) groups is 1. The number of nitrogens with zero attached hydrogens (tertiary/aromatic N) is 2. The van der Waals surface area contributed by atoms with Gasteiger partial charge in [0.1, 0.15) is 0 Å². The first-order valence-corrected chi connectivity index (χ1v) is 10.7. The summed E-state index contributed by atoms with van der Waals surface area (Å²) in [6.45, 7) is 9.29. The lowest BCUT2D eigenvalue weighted by Gasteiger charge is -2.48. The van der Waals surface area contributed by atoms with Gasteiger partial charge in [0, 0.05) is 51.2 Å². The summed E-state index contributed by atoms with van der Waals surface area (Å²) in [5, 5.41) is 9.81. The van der Waals surface area contributed by atoms with Crippen LogP contribution in [0.2, 0.25) is 0 Å². The molecule has 0 aromatic heterocycles. The van der Waals surface area contributed by atoms with Gasteiger partial charge < -0.3 is 20.7 Å². The van der Waals surface area contributed by atoms with E-state index in [1.807, 2.05) is 6.92 Å². The van der Waals surface area contributed by atoms with Crippen molar-refractivity contribution in [1.29, 1.82) is 0 Å². The van der Waals surface area contributed by atoms with E-state index in [9.17, 15) is 4.79 Å². The minimum absolute atomic E-state index is 0.0874. The van der Waals surface area contributed by atoms with Crippen molar-refractivity contribution in [1.82, 2.24) is 20.9 Å². The number of carbonyl (C=O) groups is 1. The van der Waals surface area contributed by atoms with Gasteiger partial charge in [-0.25, -0.2) is 0 Å². The van der Waals surface area contributed by atoms with Gasteiger partial charge in [-0.15, -0.1) is 0 Å². The first-order valence-electron chi connectivity index (χ1n) is 10.7. The van der Waals surface area contributed by atoms with Crippen LogP contribution in [0, 0.1) is 0 Å². The van der Waals surface area contributed by atoms with Gasteiger partial charge in [0.05, 0.1) is 13.2 Å². The van der Waals surface area contributed by atoms with E-state index in [-0.39, 0.29) is 17.5 Å². The number of guanidine groups is 1. The highest BCUT2D eigenvalue weighted by Gasteiger charge is 2.38. The van der Waals surface area contributed by atoms with E-state index in [0.717, 1.165) is 45.2 Å². The fraction of sp³-hybridized carbons (Fsp3) is 0.900. The lowest BCUT2D eigenvalue weighted by molar-refractivity contribution is -0.121. The monoisotopic (exact) mass is 381 g/mol. The molecule has 3 N–H and O–H groups in total. The van der Waals surface area contributed by atoms with Gasteiger partial charge >= 0.3 is 0 Å². The topological polar surface area (TPSA) is 78.0 Å². The molecule has 1 aliphatic heterocycles. The second kappa shape index (κ2) is 11.5. The Kier molecular flexibility index (Phi) is 9.34. The zero-order chi connectivity index (χ0) is 19.5. The Bertz CT molecular complexity index is 471. The third-order valence-corrected chi connectivity index (χ3v) is 5.94. The van der Waals surface area contributed by atoms with Gasteiger partial charge in [0.25, 0.3) is 0 Å². The van der Waals surface area contributed by atoms with E-state index in [2.05, 4.69) is 32.8 Å². The largest absolute Gasteiger partial charge is 0.379 e. The van der Waals surface area contributed by atoms with E-state index < -0.39 is 0 Å². The van der Waals surface area contributed by atoms with Crippen molar-refractivity contribution in [2.24, 2.45) is 4.99 Å². The summed E-state index contributed by atoms with van der Waals surface area (Å²) in [5.74, 6) is 0.869. The van der Waals surface area contributed by atoms with Crippen LogP contribution < -0.4 is 16.0 Å². The molecule has 1 amide bonds. The number of ether oxygens (including phenoxy) is 1. The lowest BCUT2D eigenvalue weighted by Crippen LogP contribution is -2.60. The predicted octanol–water partition coefficient (Wildman–Crippen LogP) is 1.49. The highest BCUT2D eigenvalue weighted by molar-refractivity contribution is 5.81. The SMILES string of the molecule is CCC(C)NC(=O)CCNC(=NC)NCC1(N2CCOCC2)CCCCC1. The maximum absolute atomic E-state index is 11.9. The van der Waals surface area contributed by atoms with Gasteiger partial charge in [-0.05, 0) is 26.2 Å². The highest BCUT2D eigenvalue weighted by Crippen LogP contribution is 2.33. The first kappa shape index (κ1) is 22.0. The Morgan fingerprint density at radius 2 is 1.89 bits per heavy atom. The number of amides is 1. The maximum atomic E-state index is 11.9. The molecule has 0 aromatic rings. The van der Waals surface area contributed by atoms with Crippen LogP contribution in [0.25, 0.3) is 0 Å². The van der Waals surface area contributed by atoms with Crippen molar-refractivity contribution in [2.75, 3.05) is 46.4 Å². The van der Waals surface area contributed by atoms with Gasteiger partial charge in [-0.1, -0.05) is 26.2 Å². The minimum atomic E-state index is 0.0874. The average Bonchev–Trinajstić information content (AvgIpc) is 2.71. The lowest BCUT2D eigenvalue weighted by atomic mass is 9.80. The fourth-order valence-corrected chi connectivity index (χ4v) is 4.06. The van der Waals surface area contributed by atoms with Crippen molar-refractivity contribution in [3.8, 4) is 0 Å². The summed E-state index contributed by atoms with van der Waals surface area (Å²) in [7, 11) is 1.79. The summed E-state index contributed by atoms with van der Waals surface area (Å²) in [5.41, 5.74) is 0.202. The molecule has 27 heavy (non-hydrogen) atoms. The quantitative estimate of drug-likeness (QED) is 0.439. The van der Waals surface area contributed by atoms with E-state index >= 15 is 0 Å². The van der Waals surface area contributed by atoms with Crippen molar-refractivity contribution in [2.45, 2.75) is 70.4 Å². The maximum Gasteiger partial charge on any atom is 0.221 e. The van der Waals surface area contributed by atoms with Crippen molar-refractivity contribution in [3.05, 3.63) is 0 Å². The molecular formula is C20H39N5O2. The van der Waals surface area contributed by atoms with Crippen LogP contribution in [0.1, 0.15) is 58.8 Å². The Balaban J connectivity index is 1.80. The molecule has 1 aliphatic carbocycles. The van der Waals surface area contributed by atoms with E-state index in [1.165, 1.54) is 32.1 Å². The molecule has 1 saturated carbocycles. The normalized spacial score (nSPS) is 22.1. The molecule has 1 atom stereocenters. The Morgan fingerprint density at radius 1 is 1.19 bits per heavy atom. The van der Waals surface area contributed by atoms with Crippen LogP contribution >= 0.6 is 0 Å². The van der Waals surface area contributed by atoms with Crippen LogP contribution in [0.4, 0.5) is 0 Å². The number of hydrogen-bond donors (Lipinski definition) is 3. The molecule has 156 valence electrons. The van der Waals surface area contributed by atoms with Gasteiger partial charge in [0.15, 0.2) is 5.96 Å². The molecule has 0 bridgehead atoms. The van der Waals surface area contributed by atoms with Crippen LogP contribution in [0.15, 0.2) is 4.99 Å². The number of carbonyl (C=O) groups excluding carboxylic acids is 1. The van der Waals surface area contributed by atoms with Crippen LogP contribution in [0.5, 0.6) is 0 Å². The van der Waals surface area contributed by atoms with Crippen LogP contribution in [-0.2, 0) is 9.53 Å². The molecule has 2 rings (SSSR count). The van der Waals surface area contributed by atoms with E-state index in [0.29, 0.717) is 13.0 Å². The molecule has 1 saturated heterocycles. The number of morpholine rings is 1. The first-order chi connectivity index (χ1) is 13.1. The summed E-state index contributed by atoms with van der Waals surface area (Å²) < 4.78 is 5.56. The molecule has 7 nitrogen and oxygen atoms in total. The van der Waals surface area contributed by atoms with Crippen LogP contribution in [0.3, 0.4) is 0 Å². The third-order valence-electron chi connectivity index (χ3n) is 5.94. The molecule has 0 radical (unpaired) electrons. The highest BCUT2D eigenvalue weighted by atomic mass is 16.5. The van der Waals surface area contributed by atoms with E-state index in [1.54, 1.807) is 7.05 Å². The Hall–Kier alpha value is -1.34. The predicted molar refractivity (Wildman–Crippen MR) is 110 cm³/mol. The molecule has 0 spiro atoms. The molecule has 1 heterocycles. The van der Waals surface area contributed by atoms with Gasteiger partial charge in [0.2, 0.25) is 5.91 Å². The number of hydrogen-bond acceptors (Lipinski definition) is 4. The van der Waals surface area contributed by atoms with Gasteiger partial charge in [-0.3, -0.25) is 14.7 Å².